The van der Waals surface area contributed by atoms with Crippen LogP contribution in [0.2, 0.25) is 0 Å². The van der Waals surface area contributed by atoms with Gasteiger partial charge >= 0.3 is 13.7 Å². The van der Waals surface area contributed by atoms with E-state index in [0.29, 0.717) is 27.8 Å². The summed E-state index contributed by atoms with van der Waals surface area (Å²) >= 11 is 1.39. The van der Waals surface area contributed by atoms with E-state index in [2.05, 4.69) is 20.8 Å². The van der Waals surface area contributed by atoms with Gasteiger partial charge < -0.3 is 19.6 Å². The van der Waals surface area contributed by atoms with Crippen molar-refractivity contribution in [3.8, 4) is 22.6 Å². The molecule has 0 amide bonds. The number of thioether (sulfide) groups is 1. The van der Waals surface area contributed by atoms with Crippen molar-refractivity contribution >= 4 is 25.5 Å². The number of carboxylic acid groups (broad SMARTS) is 1. The molecule has 1 heterocycles. The first kappa shape index (κ1) is 26.8. The average Bonchev–Trinajstić information content (AvgIpc) is 3.31. The number of nitrogens with zero attached hydrogens (tertiary/aromatic N) is 5. The number of carboxylic acids is 1. The number of methoxy groups -OCH3 is 1. The lowest BCUT2D eigenvalue weighted by Gasteiger charge is -2.29. The maximum Gasteiger partial charge on any atom is 0.417 e. The highest BCUT2D eigenvalue weighted by Gasteiger charge is 2.37. The number of tetrazole rings is 1. The number of hydrogen-bond acceptors (Lipinski definition) is 8. The van der Waals surface area contributed by atoms with Crippen LogP contribution in [0.25, 0.3) is 16.8 Å². The van der Waals surface area contributed by atoms with E-state index in [9.17, 15) is 24.3 Å². The SMILES string of the molecule is COc1cc(-n2nnc(CCNN([C@@H](CCSC)C(=O)O)P(=O)(O)O)n2)ccc1-c1ccccc1. The number of hydrogen-bond donors (Lipinski definition) is 4. The fourth-order valence-electron chi connectivity index (χ4n) is 3.36. The molecule has 1 aromatic heterocycles. The first-order valence-corrected chi connectivity index (χ1v) is 13.5. The molecule has 14 heteroatoms. The van der Waals surface area contributed by atoms with Gasteiger partial charge in [0.25, 0.3) is 0 Å². The molecule has 4 N–H and O–H groups in total. The Morgan fingerprint density at radius 2 is 2.00 bits per heavy atom. The third kappa shape index (κ3) is 7.10. The van der Waals surface area contributed by atoms with Gasteiger partial charge in [0, 0.05) is 24.6 Å². The zero-order valence-electron chi connectivity index (χ0n) is 19.2. The molecule has 0 aliphatic carbocycles. The van der Waals surface area contributed by atoms with Gasteiger partial charge in [0.05, 0.1) is 12.8 Å². The Hall–Kier alpha value is -2.80. The van der Waals surface area contributed by atoms with Crippen LogP contribution in [0.5, 0.6) is 5.75 Å². The van der Waals surface area contributed by atoms with E-state index >= 15 is 0 Å². The number of rotatable bonds is 13. The summed E-state index contributed by atoms with van der Waals surface area (Å²) in [6, 6.07) is 13.9. The molecule has 0 fully saturated rings. The molecule has 2 aromatic carbocycles. The zero-order valence-corrected chi connectivity index (χ0v) is 20.9. The van der Waals surface area contributed by atoms with Gasteiger partial charge in [-0.3, -0.25) is 4.79 Å². The second-order valence-electron chi connectivity index (χ2n) is 7.40. The monoisotopic (exact) mass is 522 g/mol. The van der Waals surface area contributed by atoms with Gasteiger partial charge in [0.1, 0.15) is 11.8 Å². The first-order chi connectivity index (χ1) is 16.7. The predicted molar refractivity (Wildman–Crippen MR) is 131 cm³/mol. The van der Waals surface area contributed by atoms with Crippen molar-refractivity contribution in [3.05, 3.63) is 54.4 Å². The van der Waals surface area contributed by atoms with Crippen molar-refractivity contribution in [1.82, 2.24) is 30.4 Å². The molecule has 3 rings (SSSR count). The van der Waals surface area contributed by atoms with E-state index in [0.717, 1.165) is 11.1 Å². The Kier molecular flexibility index (Phi) is 9.38. The molecule has 0 aliphatic heterocycles. The standard InChI is InChI=1S/C21H27N6O6PS/c1-33-19-14-16(8-9-17(19)15-6-4-3-5-7-15)26-24-20(23-25-26)10-12-22-27(34(30,31)32)18(21(28)29)11-13-35-2/h3-9,14,18,22H,10-13H2,1-2H3,(H,28,29)(H2,30,31,32)/t18-/m0/s1. The van der Waals surface area contributed by atoms with Crippen LogP contribution in [0.4, 0.5) is 0 Å². The zero-order chi connectivity index (χ0) is 25.4. The molecule has 3 aromatic rings. The minimum Gasteiger partial charge on any atom is -0.496 e. The second kappa shape index (κ2) is 12.2. The largest absolute Gasteiger partial charge is 0.496 e. The lowest BCUT2D eigenvalue weighted by atomic mass is 10.0. The summed E-state index contributed by atoms with van der Waals surface area (Å²) in [5, 5.41) is 21.8. The molecule has 188 valence electrons. The molecule has 1 atom stereocenters. The van der Waals surface area contributed by atoms with Crippen LogP contribution >= 0.6 is 19.5 Å². The third-order valence-electron chi connectivity index (χ3n) is 5.03. The van der Waals surface area contributed by atoms with E-state index in [1.54, 1.807) is 19.4 Å². The topological polar surface area (TPSA) is 163 Å². The molecule has 0 saturated carbocycles. The van der Waals surface area contributed by atoms with Crippen LogP contribution < -0.4 is 10.2 Å². The third-order valence-corrected chi connectivity index (χ3v) is 6.66. The van der Waals surface area contributed by atoms with Gasteiger partial charge in [-0.1, -0.05) is 30.3 Å². The van der Waals surface area contributed by atoms with E-state index < -0.39 is 19.8 Å². The lowest BCUT2D eigenvalue weighted by Crippen LogP contribution is -2.48. The molecule has 0 unspecified atom stereocenters. The Morgan fingerprint density at radius 3 is 2.63 bits per heavy atom. The fourth-order valence-corrected chi connectivity index (χ4v) is 4.68. The lowest BCUT2D eigenvalue weighted by molar-refractivity contribution is -0.142. The van der Waals surface area contributed by atoms with Crippen molar-refractivity contribution < 1.29 is 29.0 Å². The van der Waals surface area contributed by atoms with Crippen molar-refractivity contribution in [2.24, 2.45) is 0 Å². The van der Waals surface area contributed by atoms with Crippen molar-refractivity contribution in [1.29, 1.82) is 0 Å². The van der Waals surface area contributed by atoms with Gasteiger partial charge in [-0.05, 0) is 41.3 Å². The highest BCUT2D eigenvalue weighted by molar-refractivity contribution is 7.98. The van der Waals surface area contributed by atoms with Crippen LogP contribution in [0.15, 0.2) is 48.5 Å². The normalized spacial score (nSPS) is 12.6. The molecule has 0 bridgehead atoms. The number of hydrazine groups is 1. The molecular formula is C21H27N6O6PS. The van der Waals surface area contributed by atoms with Crippen molar-refractivity contribution in [2.75, 3.05) is 25.7 Å². The van der Waals surface area contributed by atoms with E-state index in [1.807, 2.05) is 42.5 Å². The number of carbonyl (C=O) groups is 1. The Labute approximate surface area is 206 Å². The van der Waals surface area contributed by atoms with Gasteiger partial charge in [-0.2, -0.15) is 11.8 Å². The molecule has 0 saturated heterocycles. The maximum absolute atomic E-state index is 11.9. The first-order valence-electron chi connectivity index (χ1n) is 10.6. The predicted octanol–water partition coefficient (Wildman–Crippen LogP) is 1.99. The van der Waals surface area contributed by atoms with Crippen LogP contribution in [-0.2, 0) is 15.8 Å². The smallest absolute Gasteiger partial charge is 0.417 e. The second-order valence-corrected chi connectivity index (χ2v) is 9.84. The Morgan fingerprint density at radius 1 is 1.26 bits per heavy atom. The Bertz CT molecular complexity index is 1170. The van der Waals surface area contributed by atoms with Crippen LogP contribution in [0.3, 0.4) is 0 Å². The fraction of sp³-hybridized carbons (Fsp3) is 0.333. The number of aromatic nitrogens is 4. The molecule has 0 aliphatic rings. The highest BCUT2D eigenvalue weighted by atomic mass is 32.2. The molecule has 35 heavy (non-hydrogen) atoms. The van der Waals surface area contributed by atoms with Gasteiger partial charge in [-0.15, -0.1) is 19.8 Å². The van der Waals surface area contributed by atoms with Gasteiger partial charge in [-0.25, -0.2) is 9.99 Å². The summed E-state index contributed by atoms with van der Waals surface area (Å²) in [5.74, 6) is 0.0472. The minimum atomic E-state index is -4.87. The van der Waals surface area contributed by atoms with Crippen molar-refractivity contribution in [2.45, 2.75) is 18.9 Å². The number of nitrogens with one attached hydrogen (secondary N) is 1. The maximum atomic E-state index is 11.9. The van der Waals surface area contributed by atoms with Crippen LogP contribution in [-0.4, -0.2) is 77.6 Å². The highest BCUT2D eigenvalue weighted by Crippen LogP contribution is 2.40. The number of aliphatic carboxylic acids is 1. The molecular weight excluding hydrogens is 495 g/mol. The van der Waals surface area contributed by atoms with Gasteiger partial charge in [0.2, 0.25) is 0 Å². The van der Waals surface area contributed by atoms with Crippen LogP contribution in [0.1, 0.15) is 12.2 Å². The Balaban J connectivity index is 1.70. The molecule has 0 radical (unpaired) electrons. The summed E-state index contributed by atoms with van der Waals surface area (Å²) in [6.07, 6.45) is 2.00. The summed E-state index contributed by atoms with van der Waals surface area (Å²) in [5.41, 5.74) is 5.06. The summed E-state index contributed by atoms with van der Waals surface area (Å²) in [4.78, 5) is 32.2. The quantitative estimate of drug-likeness (QED) is 0.191. The van der Waals surface area contributed by atoms with Crippen molar-refractivity contribution in [3.63, 3.8) is 0 Å². The molecule has 0 spiro atoms. The summed E-state index contributed by atoms with van der Waals surface area (Å²) < 4.78 is 17.9. The number of benzene rings is 2. The average molecular weight is 523 g/mol. The van der Waals surface area contributed by atoms with E-state index in [1.165, 1.54) is 16.6 Å². The number of ether oxygens (including phenoxy) is 1. The summed E-state index contributed by atoms with van der Waals surface area (Å²) in [7, 11) is -3.30. The van der Waals surface area contributed by atoms with Crippen LogP contribution in [0, 0.1) is 0 Å². The van der Waals surface area contributed by atoms with Gasteiger partial charge in [0.15, 0.2) is 5.82 Å². The van der Waals surface area contributed by atoms with E-state index in [-0.39, 0.29) is 19.4 Å². The molecule has 12 nitrogen and oxygen atoms in total. The minimum absolute atomic E-state index is 0.00385. The summed E-state index contributed by atoms with van der Waals surface area (Å²) in [6.45, 7) is -0.00385. The van der Waals surface area contributed by atoms with E-state index in [4.69, 9.17) is 4.74 Å².